The second-order valence-corrected chi connectivity index (χ2v) is 10.0. The van der Waals surface area contributed by atoms with Crippen LogP contribution in [-0.4, -0.2) is 38.7 Å². The fourth-order valence-electron chi connectivity index (χ4n) is 2.14. The summed E-state index contributed by atoms with van der Waals surface area (Å²) in [7, 11) is -1.97. The molecule has 9 heteroatoms. The third-order valence-electron chi connectivity index (χ3n) is 3.44. The zero-order valence-electron chi connectivity index (χ0n) is 14.1. The lowest BCUT2D eigenvalue weighted by atomic mass is 10.1. The molecular weight excluding hydrogens is 428 g/mol. The molecule has 1 N–H and O–H groups in total. The van der Waals surface area contributed by atoms with E-state index in [9.17, 15) is 13.2 Å². The number of hydrogen-bond acceptors (Lipinski definition) is 6. The van der Waals surface area contributed by atoms with Gasteiger partial charge in [-0.25, -0.2) is 13.4 Å². The molecule has 6 nitrogen and oxygen atoms in total. The van der Waals surface area contributed by atoms with Crippen LogP contribution in [0, 0.1) is 0 Å². The summed E-state index contributed by atoms with van der Waals surface area (Å²) in [5, 5.41) is 2.64. The average molecular weight is 447 g/mol. The van der Waals surface area contributed by atoms with Gasteiger partial charge in [-0.15, -0.1) is 11.3 Å². The highest BCUT2D eigenvalue weighted by atomic mass is 79.9. The Kier molecular flexibility index (Phi) is 6.59. The smallest absolute Gasteiger partial charge is 0.271 e. The number of nitrogens with zero attached hydrogens (tertiary/aromatic N) is 1. The Morgan fingerprint density at radius 1 is 1.32 bits per heavy atom. The molecule has 0 radical (unpaired) electrons. The van der Waals surface area contributed by atoms with Gasteiger partial charge in [-0.3, -0.25) is 4.79 Å². The van der Waals surface area contributed by atoms with E-state index in [4.69, 9.17) is 4.74 Å². The number of benzene rings is 1. The highest BCUT2D eigenvalue weighted by Gasteiger charge is 2.20. The van der Waals surface area contributed by atoms with Crippen LogP contribution in [0.2, 0.25) is 0 Å². The van der Waals surface area contributed by atoms with Crippen LogP contribution in [0.1, 0.15) is 35.1 Å². The van der Waals surface area contributed by atoms with E-state index in [1.807, 2.05) is 13.8 Å². The Morgan fingerprint density at radius 3 is 2.52 bits per heavy atom. The summed E-state index contributed by atoms with van der Waals surface area (Å²) >= 11 is 4.69. The first-order valence-corrected chi connectivity index (χ1v) is 10.8. The lowest BCUT2D eigenvalue weighted by molar-refractivity contribution is 0.0950. The first kappa shape index (κ1) is 19.9. The van der Waals surface area contributed by atoms with Crippen LogP contribution in [0.3, 0.4) is 0 Å². The van der Waals surface area contributed by atoms with Crippen LogP contribution < -0.4 is 10.1 Å². The van der Waals surface area contributed by atoms with Gasteiger partial charge in [0.1, 0.15) is 11.4 Å². The van der Waals surface area contributed by atoms with Crippen molar-refractivity contribution in [3.05, 3.63) is 38.8 Å². The van der Waals surface area contributed by atoms with Gasteiger partial charge in [0.25, 0.3) is 5.91 Å². The van der Waals surface area contributed by atoms with Gasteiger partial charge in [0.15, 0.2) is 13.8 Å². The van der Waals surface area contributed by atoms with Gasteiger partial charge in [0, 0.05) is 11.4 Å². The van der Waals surface area contributed by atoms with E-state index in [0.717, 1.165) is 4.88 Å². The average Bonchev–Trinajstić information content (AvgIpc) is 2.97. The van der Waals surface area contributed by atoms with E-state index in [1.54, 1.807) is 12.1 Å². The third-order valence-corrected chi connectivity index (χ3v) is 6.98. The molecule has 1 heterocycles. The SMILES string of the molecule is COc1ccc(S(=O)(=O)CCNC(=O)c2nc(Br)sc2C(C)C)cc1. The standard InChI is InChI=1S/C16H19BrN2O4S2/c1-10(2)14-13(19-16(17)24-14)15(20)18-8-9-25(21,22)12-6-4-11(23-3)5-7-12/h4-7,10H,8-9H2,1-3H3,(H,18,20). The summed E-state index contributed by atoms with van der Waals surface area (Å²) < 4.78 is 30.3. The van der Waals surface area contributed by atoms with Crippen molar-refractivity contribution < 1.29 is 17.9 Å². The summed E-state index contributed by atoms with van der Waals surface area (Å²) in [5.41, 5.74) is 0.341. The lowest BCUT2D eigenvalue weighted by Gasteiger charge is -2.08. The summed E-state index contributed by atoms with van der Waals surface area (Å²) in [6.07, 6.45) is 0. The molecule has 0 saturated heterocycles. The highest BCUT2D eigenvalue weighted by molar-refractivity contribution is 9.11. The first-order chi connectivity index (χ1) is 11.7. The van der Waals surface area contributed by atoms with Crippen LogP contribution >= 0.6 is 27.3 Å². The van der Waals surface area contributed by atoms with Crippen molar-refractivity contribution in [2.75, 3.05) is 19.4 Å². The molecular formula is C16H19BrN2O4S2. The first-order valence-electron chi connectivity index (χ1n) is 7.56. The molecule has 1 aromatic heterocycles. The number of sulfone groups is 1. The molecule has 1 aromatic carbocycles. The number of halogens is 1. The highest BCUT2D eigenvalue weighted by Crippen LogP contribution is 2.29. The molecule has 0 spiro atoms. The molecule has 0 aliphatic carbocycles. The van der Waals surface area contributed by atoms with E-state index in [0.29, 0.717) is 15.4 Å². The molecule has 0 fully saturated rings. The zero-order chi connectivity index (χ0) is 18.6. The molecule has 0 aliphatic rings. The maximum absolute atomic E-state index is 12.3. The number of thiazole rings is 1. The van der Waals surface area contributed by atoms with Gasteiger partial charge in [0.2, 0.25) is 0 Å². The van der Waals surface area contributed by atoms with Gasteiger partial charge in [-0.05, 0) is 46.1 Å². The van der Waals surface area contributed by atoms with E-state index in [1.165, 1.54) is 30.6 Å². The molecule has 2 rings (SSSR count). The van der Waals surface area contributed by atoms with E-state index < -0.39 is 9.84 Å². The topological polar surface area (TPSA) is 85.4 Å². The van der Waals surface area contributed by atoms with Crippen LogP contribution in [0.4, 0.5) is 0 Å². The van der Waals surface area contributed by atoms with E-state index in [-0.39, 0.29) is 29.0 Å². The summed E-state index contributed by atoms with van der Waals surface area (Å²) in [6.45, 7) is 3.97. The number of methoxy groups -OCH3 is 1. The lowest BCUT2D eigenvalue weighted by Crippen LogP contribution is -2.30. The largest absolute Gasteiger partial charge is 0.497 e. The number of nitrogens with one attached hydrogen (secondary N) is 1. The minimum absolute atomic E-state index is 0.0138. The van der Waals surface area contributed by atoms with Crippen LogP contribution in [0.15, 0.2) is 33.1 Å². The van der Waals surface area contributed by atoms with Crippen LogP contribution in [0.25, 0.3) is 0 Å². The third kappa shape index (κ3) is 5.02. The van der Waals surface area contributed by atoms with Crippen LogP contribution in [-0.2, 0) is 9.84 Å². The quantitative estimate of drug-likeness (QED) is 0.705. The van der Waals surface area contributed by atoms with Gasteiger partial charge in [0.05, 0.1) is 17.8 Å². The second kappa shape index (κ2) is 8.29. The Hall–Kier alpha value is -1.45. The number of aromatic nitrogens is 1. The van der Waals surface area contributed by atoms with Crippen LogP contribution in [0.5, 0.6) is 5.75 Å². The zero-order valence-corrected chi connectivity index (χ0v) is 17.3. The van der Waals surface area contributed by atoms with Gasteiger partial charge < -0.3 is 10.1 Å². The van der Waals surface area contributed by atoms with Crippen molar-refractivity contribution in [1.82, 2.24) is 10.3 Å². The number of rotatable bonds is 7. The molecule has 0 saturated carbocycles. The summed E-state index contributed by atoms with van der Waals surface area (Å²) in [6, 6.07) is 6.16. The molecule has 0 atom stereocenters. The molecule has 0 unspecified atom stereocenters. The maximum Gasteiger partial charge on any atom is 0.271 e. The molecule has 25 heavy (non-hydrogen) atoms. The number of carbonyl (C=O) groups is 1. The summed E-state index contributed by atoms with van der Waals surface area (Å²) in [5.74, 6) is 0.193. The van der Waals surface area contributed by atoms with Crippen molar-refractivity contribution in [3.8, 4) is 5.75 Å². The Morgan fingerprint density at radius 2 is 1.96 bits per heavy atom. The number of hydrogen-bond donors (Lipinski definition) is 1. The number of carbonyl (C=O) groups excluding carboxylic acids is 1. The Labute approximate surface area is 159 Å². The molecule has 0 bridgehead atoms. The van der Waals surface area contributed by atoms with Crippen molar-refractivity contribution in [2.45, 2.75) is 24.7 Å². The Balaban J connectivity index is 2.00. The van der Waals surface area contributed by atoms with Gasteiger partial charge in [-0.2, -0.15) is 0 Å². The predicted octanol–water partition coefficient (Wildman–Crippen LogP) is 3.24. The second-order valence-electron chi connectivity index (χ2n) is 5.58. The normalized spacial score (nSPS) is 11.6. The fraction of sp³-hybridized carbons (Fsp3) is 0.375. The van der Waals surface area contributed by atoms with Gasteiger partial charge >= 0.3 is 0 Å². The van der Waals surface area contributed by atoms with Gasteiger partial charge in [-0.1, -0.05) is 13.8 Å². The summed E-state index contributed by atoms with van der Waals surface area (Å²) in [4.78, 5) is 17.5. The van der Waals surface area contributed by atoms with E-state index >= 15 is 0 Å². The van der Waals surface area contributed by atoms with Crippen molar-refractivity contribution in [1.29, 1.82) is 0 Å². The fourth-order valence-corrected chi connectivity index (χ4v) is 4.79. The van der Waals surface area contributed by atoms with E-state index in [2.05, 4.69) is 26.2 Å². The number of amides is 1. The predicted molar refractivity (Wildman–Crippen MR) is 101 cm³/mol. The molecule has 2 aromatic rings. The Bertz CT molecular complexity index is 846. The maximum atomic E-state index is 12.3. The molecule has 136 valence electrons. The monoisotopic (exact) mass is 446 g/mol. The number of ether oxygens (including phenoxy) is 1. The molecule has 0 aliphatic heterocycles. The minimum Gasteiger partial charge on any atom is -0.497 e. The molecule has 1 amide bonds. The van der Waals surface area contributed by atoms with Crippen molar-refractivity contribution in [3.63, 3.8) is 0 Å². The van der Waals surface area contributed by atoms with Crippen molar-refractivity contribution in [2.24, 2.45) is 0 Å². The minimum atomic E-state index is -3.48. The van der Waals surface area contributed by atoms with Crippen molar-refractivity contribution >= 4 is 43.0 Å².